The van der Waals surface area contributed by atoms with Gasteiger partial charge in [0.25, 0.3) is 0 Å². The van der Waals surface area contributed by atoms with Crippen molar-refractivity contribution in [1.29, 1.82) is 0 Å². The van der Waals surface area contributed by atoms with Crippen molar-refractivity contribution in [2.24, 2.45) is 11.8 Å². The van der Waals surface area contributed by atoms with E-state index >= 15 is 0 Å². The molecule has 2 atom stereocenters. The average molecular weight is 1510 g/mol. The molecule has 2 nitrogen and oxygen atoms in total. The van der Waals surface area contributed by atoms with Crippen LogP contribution in [-0.2, 0) is 16.2 Å². The molecule has 2 heteroatoms. The predicted octanol–water partition coefficient (Wildman–Crippen LogP) is 33.5. The highest BCUT2D eigenvalue weighted by Gasteiger charge is 2.52. The van der Waals surface area contributed by atoms with Crippen molar-refractivity contribution in [1.82, 2.24) is 0 Å². The highest BCUT2D eigenvalue weighted by molar-refractivity contribution is 5.95. The van der Waals surface area contributed by atoms with E-state index in [2.05, 4.69) is 299 Å². The summed E-state index contributed by atoms with van der Waals surface area (Å²) in [6.45, 7) is 33.0. The molecule has 0 radical (unpaired) electrons. The molecule has 0 bridgehead atoms. The summed E-state index contributed by atoms with van der Waals surface area (Å²) < 4.78 is 0. The molecule has 0 saturated carbocycles. The van der Waals surface area contributed by atoms with Crippen LogP contribution < -0.4 is 9.80 Å². The summed E-state index contributed by atoms with van der Waals surface area (Å²) in [5.41, 5.74) is 31.6. The van der Waals surface area contributed by atoms with Gasteiger partial charge in [0.2, 0.25) is 0 Å². The van der Waals surface area contributed by atoms with Crippen LogP contribution in [0.4, 0.5) is 11.4 Å². The van der Waals surface area contributed by atoms with Gasteiger partial charge in [-0.1, -0.05) is 395 Å². The molecule has 0 amide bonds. The van der Waals surface area contributed by atoms with Gasteiger partial charge >= 0.3 is 0 Å². The van der Waals surface area contributed by atoms with Gasteiger partial charge in [-0.3, -0.25) is 0 Å². The number of fused-ring (bicyclic) bond motifs is 9. The Morgan fingerprint density at radius 3 is 0.735 bits per heavy atom. The lowest BCUT2D eigenvalue weighted by molar-refractivity contribution is 0.266. The molecule has 0 heterocycles. The third-order valence-corrected chi connectivity index (χ3v) is 26.8. The molecule has 8 aromatic rings. The van der Waals surface area contributed by atoms with Gasteiger partial charge in [0.1, 0.15) is 0 Å². The van der Waals surface area contributed by atoms with Gasteiger partial charge in [-0.25, -0.2) is 0 Å². The third kappa shape index (κ3) is 21.0. The van der Waals surface area contributed by atoms with Crippen molar-refractivity contribution in [3.05, 3.63) is 236 Å². The minimum absolute atomic E-state index is 0.0777. The van der Waals surface area contributed by atoms with Gasteiger partial charge in [-0.2, -0.15) is 0 Å². The normalized spacial score (nSPS) is 14.7. The Bertz CT molecular complexity index is 4020. The van der Waals surface area contributed by atoms with Gasteiger partial charge in [-0.15, -0.1) is 0 Å². The number of benzene rings is 8. The first-order chi connectivity index (χ1) is 55.4. The van der Waals surface area contributed by atoms with Crippen LogP contribution in [-0.4, -0.2) is 26.2 Å². The fourth-order valence-corrected chi connectivity index (χ4v) is 20.5. The van der Waals surface area contributed by atoms with Gasteiger partial charge in [0, 0.05) is 53.8 Å². The standard InChI is InChI=1S/C111H148N2/c1-13-25-31-35-69-109(70-36-32-26-14-2)103-77-93(55-53-89-45-41-87(42-46-89)49-51-91-57-63-95(64-58-91)112(73-19-7)74-20-8)61-67-97(103)99-79-107-101(81-105(99)109)102-82-106-100(80-108(102)111(107,83-85(23-11)39-29-17-5)84-86(24-12)40-30-18-6)98-68-62-94(78-104(98)110(106,71-37-33-27-15-3)72-38-34-28-16-4)56-54-90-47-43-88(44-48-90)50-52-92-59-65-96(66-60-92)113(75-21-9)76-22-10/h41-68,77-82,85-86H,13-40,69-76,83-84H2,1-12H3/b51-49+,52-50+,55-53+,56-54+. The maximum absolute atomic E-state index is 2.94. The molecule has 3 aliphatic carbocycles. The maximum Gasteiger partial charge on any atom is 0.0366 e. The van der Waals surface area contributed by atoms with Crippen LogP contribution in [0.15, 0.2) is 158 Å². The number of anilines is 2. The highest BCUT2D eigenvalue weighted by Crippen LogP contribution is 2.65. The van der Waals surface area contributed by atoms with E-state index in [1.807, 2.05) is 0 Å². The number of hydrogen-bond donors (Lipinski definition) is 0. The molecular weight excluding hydrogens is 1360 g/mol. The molecule has 602 valence electrons. The Morgan fingerprint density at radius 1 is 0.230 bits per heavy atom. The van der Waals surface area contributed by atoms with Crippen molar-refractivity contribution >= 4 is 60.0 Å². The minimum atomic E-state index is -0.118. The summed E-state index contributed by atoms with van der Waals surface area (Å²) in [7, 11) is 0. The molecule has 0 spiro atoms. The van der Waals surface area contributed by atoms with Gasteiger partial charge in [0.15, 0.2) is 0 Å². The largest absolute Gasteiger partial charge is 0.372 e. The van der Waals surface area contributed by atoms with E-state index in [4.69, 9.17) is 0 Å². The van der Waals surface area contributed by atoms with Crippen molar-refractivity contribution in [2.45, 2.75) is 318 Å². The van der Waals surface area contributed by atoms with E-state index in [-0.39, 0.29) is 16.2 Å². The van der Waals surface area contributed by atoms with Crippen LogP contribution in [0.5, 0.6) is 0 Å². The molecule has 113 heavy (non-hydrogen) atoms. The summed E-state index contributed by atoms with van der Waals surface area (Å²) in [6, 6.07) is 64.0. The summed E-state index contributed by atoms with van der Waals surface area (Å²) in [4.78, 5) is 5.03. The number of hydrogen-bond acceptors (Lipinski definition) is 2. The molecule has 0 N–H and O–H groups in total. The van der Waals surface area contributed by atoms with Crippen LogP contribution in [0.25, 0.3) is 82.0 Å². The van der Waals surface area contributed by atoms with Gasteiger partial charge < -0.3 is 9.80 Å². The van der Waals surface area contributed by atoms with Crippen molar-refractivity contribution in [3.8, 4) is 33.4 Å². The zero-order valence-electron chi connectivity index (χ0n) is 73.0. The number of rotatable bonds is 50. The van der Waals surface area contributed by atoms with Crippen LogP contribution in [0, 0.1) is 11.8 Å². The van der Waals surface area contributed by atoms with Crippen molar-refractivity contribution in [3.63, 3.8) is 0 Å². The molecule has 11 rings (SSSR count). The second-order valence-electron chi connectivity index (χ2n) is 35.1. The van der Waals surface area contributed by atoms with Gasteiger partial charge in [-0.05, 0) is 236 Å². The molecule has 3 aliphatic rings. The van der Waals surface area contributed by atoms with E-state index in [9.17, 15) is 0 Å². The first kappa shape index (κ1) is 86.2. The number of unbranched alkanes of at least 4 members (excludes halogenated alkanes) is 14. The lowest BCUT2D eigenvalue weighted by Crippen LogP contribution is -2.32. The Labute approximate surface area is 690 Å². The summed E-state index contributed by atoms with van der Waals surface area (Å²) >= 11 is 0. The van der Waals surface area contributed by atoms with Crippen molar-refractivity contribution < 1.29 is 0 Å². The SMILES string of the molecule is CCCCCCC1(CCCCCC)c2cc(/C=C/c3ccc(/C=C/c4ccc(N(CCC)CCC)cc4)cc3)ccc2-c2cc3c(cc21)-c1cc2c(cc1C3(CC(CC)CCCC)CC(CC)CCCC)-c1ccc(/C=C/c3ccc(/C=C/c4ccc(N(CCC)CCC)cc4)cc3)cc1C2(CCCCCC)CCCCCC. The van der Waals surface area contributed by atoms with Crippen LogP contribution in [0.2, 0.25) is 0 Å². The average Bonchev–Trinajstić information content (AvgIpc) is 1.55. The molecule has 0 aromatic heterocycles. The van der Waals surface area contributed by atoms with Gasteiger partial charge in [0.05, 0.1) is 0 Å². The zero-order valence-corrected chi connectivity index (χ0v) is 73.0. The van der Waals surface area contributed by atoms with E-state index in [1.165, 1.54) is 260 Å². The lowest BCUT2D eigenvalue weighted by atomic mass is 9.64. The monoisotopic (exact) mass is 1510 g/mol. The molecule has 0 aliphatic heterocycles. The third-order valence-electron chi connectivity index (χ3n) is 26.8. The van der Waals surface area contributed by atoms with E-state index < -0.39 is 0 Å². The second kappa shape index (κ2) is 43.3. The van der Waals surface area contributed by atoms with E-state index in [0.717, 1.165) is 51.9 Å². The first-order valence-electron chi connectivity index (χ1n) is 46.7. The minimum Gasteiger partial charge on any atom is -0.372 e. The van der Waals surface area contributed by atoms with Crippen LogP contribution in [0.1, 0.15) is 379 Å². The predicted molar refractivity (Wildman–Crippen MR) is 503 cm³/mol. The maximum atomic E-state index is 2.94. The number of nitrogens with zero attached hydrogens (tertiary/aromatic N) is 2. The quantitative estimate of drug-likeness (QED) is 0.0277. The lowest BCUT2D eigenvalue weighted by Gasteiger charge is -2.39. The molecule has 0 fully saturated rings. The second-order valence-corrected chi connectivity index (χ2v) is 35.1. The van der Waals surface area contributed by atoms with Crippen LogP contribution in [0.3, 0.4) is 0 Å². The van der Waals surface area contributed by atoms with Crippen molar-refractivity contribution in [2.75, 3.05) is 36.0 Å². The fraction of sp³-hybridized carbons (Fsp3) is 0.495. The highest BCUT2D eigenvalue weighted by atomic mass is 15.1. The molecule has 8 aromatic carbocycles. The Balaban J connectivity index is 1.03. The Morgan fingerprint density at radius 2 is 0.469 bits per heavy atom. The summed E-state index contributed by atoms with van der Waals surface area (Å²) in [5.74, 6) is 1.28. The van der Waals surface area contributed by atoms with Crippen LogP contribution >= 0.6 is 0 Å². The zero-order chi connectivity index (χ0) is 79.4. The Hall–Kier alpha value is -7.68. The molecule has 2 unspecified atom stereocenters. The summed E-state index contributed by atoms with van der Waals surface area (Å²) in [5, 5.41) is 0. The smallest absolute Gasteiger partial charge is 0.0366 e. The van der Waals surface area contributed by atoms with E-state index in [1.54, 1.807) is 55.6 Å². The first-order valence-corrected chi connectivity index (χ1v) is 46.7. The van der Waals surface area contributed by atoms with E-state index in [0.29, 0.717) is 11.8 Å². The fourth-order valence-electron chi connectivity index (χ4n) is 20.5. The molecular formula is C111H148N2. The Kier molecular flexibility index (Phi) is 33.0. The summed E-state index contributed by atoms with van der Waals surface area (Å²) in [6.07, 6.45) is 61.1. The molecule has 0 saturated heterocycles. The topological polar surface area (TPSA) is 6.48 Å².